The van der Waals surface area contributed by atoms with Crippen LogP contribution in [0.25, 0.3) is 11.1 Å². The van der Waals surface area contributed by atoms with Crippen LogP contribution in [-0.4, -0.2) is 53.9 Å². The summed E-state index contributed by atoms with van der Waals surface area (Å²) in [6.45, 7) is 4.85. The number of anilines is 2. The fourth-order valence-corrected chi connectivity index (χ4v) is 5.70. The average molecular weight is 538 g/mol. The van der Waals surface area contributed by atoms with Gasteiger partial charge in [-0.15, -0.1) is 0 Å². The first-order valence-corrected chi connectivity index (χ1v) is 13.7. The molecule has 1 aliphatic heterocycles. The summed E-state index contributed by atoms with van der Waals surface area (Å²) in [7, 11) is 1.38. The number of methoxy groups -OCH3 is 1. The fraction of sp³-hybridized carbons (Fsp3) is 0.500. The van der Waals surface area contributed by atoms with E-state index >= 15 is 4.39 Å². The van der Waals surface area contributed by atoms with E-state index in [0.29, 0.717) is 55.0 Å². The lowest BCUT2D eigenvalue weighted by molar-refractivity contribution is -0.259. The van der Waals surface area contributed by atoms with Gasteiger partial charge in [-0.2, -0.15) is 9.37 Å². The number of aromatic nitrogens is 1. The lowest BCUT2D eigenvalue weighted by atomic mass is 9.80. The zero-order valence-corrected chi connectivity index (χ0v) is 22.7. The molecule has 1 saturated heterocycles. The van der Waals surface area contributed by atoms with Crippen molar-refractivity contribution < 1.29 is 27.9 Å². The van der Waals surface area contributed by atoms with Crippen molar-refractivity contribution in [1.82, 2.24) is 9.88 Å². The lowest BCUT2D eigenvalue weighted by Gasteiger charge is -2.40. The van der Waals surface area contributed by atoms with Crippen LogP contribution in [0.15, 0.2) is 46.9 Å². The Morgan fingerprint density at radius 2 is 1.95 bits per heavy atom. The summed E-state index contributed by atoms with van der Waals surface area (Å²) in [5, 5.41) is 3.19. The minimum atomic E-state index is -2.53. The number of rotatable bonds is 9. The number of aryl methyl sites for hydroxylation is 1. The maximum Gasteiger partial charge on any atom is 0.330 e. The minimum absolute atomic E-state index is 0.0851. The Morgan fingerprint density at radius 3 is 2.67 bits per heavy atom. The van der Waals surface area contributed by atoms with Gasteiger partial charge in [0.2, 0.25) is 5.78 Å². The highest BCUT2D eigenvalue weighted by Gasteiger charge is 2.49. The van der Waals surface area contributed by atoms with Crippen LogP contribution in [0.1, 0.15) is 50.2 Å². The van der Waals surface area contributed by atoms with Crippen molar-refractivity contribution in [3.05, 3.63) is 53.6 Å². The van der Waals surface area contributed by atoms with Crippen molar-refractivity contribution in [3.63, 3.8) is 0 Å². The normalized spacial score (nSPS) is 23.4. The maximum atomic E-state index is 16.7. The van der Waals surface area contributed by atoms with E-state index in [-0.39, 0.29) is 24.2 Å². The van der Waals surface area contributed by atoms with Crippen molar-refractivity contribution in [2.24, 2.45) is 11.8 Å². The molecule has 0 spiro atoms. The largest absolute Gasteiger partial charge is 0.469 e. The zero-order chi connectivity index (χ0) is 27.6. The van der Waals surface area contributed by atoms with E-state index in [1.165, 1.54) is 12.0 Å². The van der Waals surface area contributed by atoms with Gasteiger partial charge >= 0.3 is 11.9 Å². The Labute approximate surface area is 227 Å². The molecule has 4 atom stereocenters. The minimum Gasteiger partial charge on any atom is -0.469 e. The van der Waals surface area contributed by atoms with Crippen LogP contribution in [0, 0.1) is 18.8 Å². The van der Waals surface area contributed by atoms with Crippen LogP contribution in [0.3, 0.4) is 0 Å². The number of hydrogen-bond donors (Lipinski definition) is 1. The second kappa shape index (κ2) is 11.4. The molecule has 9 heteroatoms. The van der Waals surface area contributed by atoms with Crippen LogP contribution < -0.4 is 5.32 Å². The number of esters is 1. The summed E-state index contributed by atoms with van der Waals surface area (Å²) < 4.78 is 33.5. The van der Waals surface area contributed by atoms with E-state index in [0.717, 1.165) is 24.1 Å². The summed E-state index contributed by atoms with van der Waals surface area (Å²) in [5.74, 6) is -3.72. The number of para-hydroxylation sites is 1. The number of fused-ring (bicyclic) bond motifs is 1. The SMILES string of the molecule is COC(=O)[C@H]1CC[C@H](O[C@](F)(C(=O)Cc2ccc3nc(Nc4ccccc4C)oc3c2)N2CCCC2)[C@@H](C)C1. The molecule has 39 heavy (non-hydrogen) atoms. The van der Waals surface area contributed by atoms with Gasteiger partial charge in [0.1, 0.15) is 5.52 Å². The highest BCUT2D eigenvalue weighted by atomic mass is 19.2. The van der Waals surface area contributed by atoms with Gasteiger partial charge in [-0.3, -0.25) is 9.59 Å². The molecule has 1 aliphatic carbocycles. The quantitative estimate of drug-likeness (QED) is 0.274. The molecule has 2 fully saturated rings. The number of likely N-dealkylation sites (tertiary alicyclic amines) is 1. The predicted octanol–water partition coefficient (Wildman–Crippen LogP) is 5.70. The molecule has 2 aromatic carbocycles. The van der Waals surface area contributed by atoms with Gasteiger partial charge in [0.25, 0.3) is 6.01 Å². The number of ketones is 1. The number of hydrogen-bond acceptors (Lipinski definition) is 8. The monoisotopic (exact) mass is 537 g/mol. The molecule has 3 aromatic rings. The van der Waals surface area contributed by atoms with Crippen LogP contribution in [0.2, 0.25) is 0 Å². The molecule has 0 unspecified atom stereocenters. The Bertz CT molecular complexity index is 1340. The van der Waals surface area contributed by atoms with Gasteiger partial charge in [0.05, 0.1) is 19.1 Å². The van der Waals surface area contributed by atoms with E-state index < -0.39 is 17.9 Å². The van der Waals surface area contributed by atoms with Gasteiger partial charge in [-0.05, 0) is 74.3 Å². The Kier molecular flexibility index (Phi) is 8.00. The summed E-state index contributed by atoms with van der Waals surface area (Å²) in [5.41, 5.74) is 3.72. The second-order valence-electron chi connectivity index (χ2n) is 10.8. The van der Waals surface area contributed by atoms with Crippen LogP contribution in [-0.2, 0) is 25.5 Å². The first-order chi connectivity index (χ1) is 18.8. The molecule has 1 N–H and O–H groups in total. The maximum absolute atomic E-state index is 16.7. The average Bonchev–Trinajstić information content (AvgIpc) is 3.61. The number of Topliss-reactive ketones (excluding diaryl/α,β-unsaturated/α-hetero) is 1. The molecule has 208 valence electrons. The number of nitrogens with one attached hydrogen (secondary N) is 1. The molecule has 0 bridgehead atoms. The van der Waals surface area contributed by atoms with Gasteiger partial charge < -0.3 is 19.2 Å². The van der Waals surface area contributed by atoms with E-state index in [4.69, 9.17) is 13.9 Å². The molecule has 0 amide bonds. The standard InChI is InChI=1S/C30H36FN3O5/c1-19-8-4-5-9-23(19)32-29-33-24-12-10-21(17-26(24)38-29)18-27(35)30(31,34-14-6-7-15-34)39-25-13-11-22(16-20(25)2)28(36)37-3/h4-5,8-10,12,17,20,22,25H,6-7,11,13-16,18H2,1-3H3,(H,32,33)/t20-,22-,25-,30-/m0/s1. The first kappa shape index (κ1) is 27.3. The number of benzene rings is 2. The number of oxazole rings is 1. The second-order valence-corrected chi connectivity index (χ2v) is 10.8. The van der Waals surface area contributed by atoms with Gasteiger partial charge in [0.15, 0.2) is 5.58 Å². The van der Waals surface area contributed by atoms with Crippen molar-refractivity contribution in [3.8, 4) is 0 Å². The van der Waals surface area contributed by atoms with E-state index in [2.05, 4.69) is 10.3 Å². The summed E-state index contributed by atoms with van der Waals surface area (Å²) in [6.07, 6.45) is 2.61. The van der Waals surface area contributed by atoms with Crippen LogP contribution in [0.5, 0.6) is 0 Å². The molecule has 2 aliphatic rings. The third-order valence-electron chi connectivity index (χ3n) is 7.99. The number of carbonyl (C=O) groups excluding carboxylic acids is 2. The van der Waals surface area contributed by atoms with E-state index in [1.54, 1.807) is 18.2 Å². The smallest absolute Gasteiger partial charge is 0.330 e. The topological polar surface area (TPSA) is 93.9 Å². The van der Waals surface area contributed by atoms with Crippen molar-refractivity contribution >= 4 is 34.6 Å². The highest BCUT2D eigenvalue weighted by Crippen LogP contribution is 2.37. The number of nitrogens with zero attached hydrogens (tertiary/aromatic N) is 2. The zero-order valence-electron chi connectivity index (χ0n) is 22.7. The van der Waals surface area contributed by atoms with Crippen molar-refractivity contribution in [2.45, 2.75) is 64.5 Å². The third kappa shape index (κ3) is 5.84. The van der Waals surface area contributed by atoms with E-state index in [1.807, 2.05) is 38.1 Å². The molecule has 1 aromatic heterocycles. The summed E-state index contributed by atoms with van der Waals surface area (Å²) in [6, 6.07) is 13.4. The van der Waals surface area contributed by atoms with Gasteiger partial charge in [0, 0.05) is 25.2 Å². The molecule has 1 saturated carbocycles. The number of ether oxygens (including phenoxy) is 2. The molecular weight excluding hydrogens is 501 g/mol. The third-order valence-corrected chi connectivity index (χ3v) is 7.99. The number of alkyl halides is 1. The Balaban J connectivity index is 1.31. The van der Waals surface area contributed by atoms with Crippen molar-refractivity contribution in [1.29, 1.82) is 0 Å². The van der Waals surface area contributed by atoms with Gasteiger partial charge in [-0.1, -0.05) is 31.2 Å². The first-order valence-electron chi connectivity index (χ1n) is 13.7. The Morgan fingerprint density at radius 1 is 1.18 bits per heavy atom. The number of carbonyl (C=O) groups is 2. The molecule has 5 rings (SSSR count). The molecule has 2 heterocycles. The molecule has 0 radical (unpaired) electrons. The Hall–Kier alpha value is -3.30. The lowest BCUT2D eigenvalue weighted by Crippen LogP contribution is -2.55. The molecule has 8 nitrogen and oxygen atoms in total. The van der Waals surface area contributed by atoms with Crippen molar-refractivity contribution in [2.75, 3.05) is 25.5 Å². The highest BCUT2D eigenvalue weighted by molar-refractivity contribution is 5.88. The summed E-state index contributed by atoms with van der Waals surface area (Å²) >= 11 is 0. The number of halogens is 1. The predicted molar refractivity (Wildman–Crippen MR) is 145 cm³/mol. The van der Waals surface area contributed by atoms with Gasteiger partial charge in [-0.25, -0.2) is 4.90 Å². The molecular formula is C30H36FN3O5. The van der Waals surface area contributed by atoms with Crippen LogP contribution >= 0.6 is 0 Å². The van der Waals surface area contributed by atoms with E-state index in [9.17, 15) is 9.59 Å². The summed E-state index contributed by atoms with van der Waals surface area (Å²) in [4.78, 5) is 31.6. The van der Waals surface area contributed by atoms with Crippen LogP contribution in [0.4, 0.5) is 16.1 Å². The fourth-order valence-electron chi connectivity index (χ4n) is 5.70.